The first kappa shape index (κ1) is 9.51. The van der Waals surface area contributed by atoms with Gasteiger partial charge in [0.05, 0.1) is 12.2 Å². The molecule has 2 nitrogen and oxygen atoms in total. The Morgan fingerprint density at radius 1 is 1.50 bits per heavy atom. The number of benzene rings is 1. The summed E-state index contributed by atoms with van der Waals surface area (Å²) >= 11 is 1.75. The monoisotopic (exact) mass is 276 g/mol. The molecule has 12 heavy (non-hydrogen) atoms. The van der Waals surface area contributed by atoms with Gasteiger partial charge in [0.2, 0.25) is 3.79 Å². The van der Waals surface area contributed by atoms with E-state index in [2.05, 4.69) is 0 Å². The van der Waals surface area contributed by atoms with Gasteiger partial charge in [-0.3, -0.25) is 4.79 Å². The standard InChI is InChI=1S/C9H9IO2/c1-2-12-8-6-4-3-5-7(8)9(10)11/h3-6H,2H2,1H3. The molecule has 0 saturated carbocycles. The van der Waals surface area contributed by atoms with Crippen molar-refractivity contribution in [3.05, 3.63) is 29.8 Å². The van der Waals surface area contributed by atoms with Crippen molar-refractivity contribution in [1.29, 1.82) is 0 Å². The maximum Gasteiger partial charge on any atom is 0.226 e. The molecule has 0 bridgehead atoms. The molecule has 0 unspecified atom stereocenters. The van der Waals surface area contributed by atoms with Gasteiger partial charge >= 0.3 is 0 Å². The predicted octanol–water partition coefficient (Wildman–Crippen LogP) is 2.66. The number of carbonyl (C=O) groups excluding carboxylic acids is 1. The van der Waals surface area contributed by atoms with Gasteiger partial charge in [-0.15, -0.1) is 0 Å². The van der Waals surface area contributed by atoms with Crippen LogP contribution in [0.25, 0.3) is 0 Å². The van der Waals surface area contributed by atoms with Crippen molar-refractivity contribution in [3.8, 4) is 5.75 Å². The molecule has 0 N–H and O–H groups in total. The Labute approximate surface area is 85.1 Å². The summed E-state index contributed by atoms with van der Waals surface area (Å²) in [7, 11) is 0. The zero-order chi connectivity index (χ0) is 8.97. The van der Waals surface area contributed by atoms with Gasteiger partial charge in [0.1, 0.15) is 5.75 Å². The van der Waals surface area contributed by atoms with Gasteiger partial charge < -0.3 is 4.74 Å². The van der Waals surface area contributed by atoms with Crippen LogP contribution in [-0.2, 0) is 0 Å². The molecule has 0 aromatic heterocycles. The average molecular weight is 276 g/mol. The third-order valence-electron chi connectivity index (χ3n) is 1.40. The van der Waals surface area contributed by atoms with E-state index < -0.39 is 0 Å². The van der Waals surface area contributed by atoms with Crippen LogP contribution in [0.2, 0.25) is 0 Å². The van der Waals surface area contributed by atoms with Crippen LogP contribution in [0.15, 0.2) is 24.3 Å². The summed E-state index contributed by atoms with van der Waals surface area (Å²) in [6.45, 7) is 2.48. The first-order chi connectivity index (χ1) is 5.75. The van der Waals surface area contributed by atoms with Crippen LogP contribution in [0.1, 0.15) is 17.3 Å². The van der Waals surface area contributed by atoms with E-state index in [9.17, 15) is 4.79 Å². The topological polar surface area (TPSA) is 26.3 Å². The van der Waals surface area contributed by atoms with Crippen LogP contribution in [0, 0.1) is 0 Å². The van der Waals surface area contributed by atoms with Crippen LogP contribution in [-0.4, -0.2) is 10.4 Å². The van der Waals surface area contributed by atoms with E-state index >= 15 is 0 Å². The van der Waals surface area contributed by atoms with Crippen molar-refractivity contribution < 1.29 is 9.53 Å². The highest BCUT2D eigenvalue weighted by atomic mass is 127. The normalized spacial score (nSPS) is 9.50. The Balaban J connectivity index is 3.00. The quantitative estimate of drug-likeness (QED) is 0.626. The van der Waals surface area contributed by atoms with Crippen molar-refractivity contribution in [1.82, 2.24) is 0 Å². The fourth-order valence-corrected chi connectivity index (χ4v) is 1.36. The molecule has 0 atom stereocenters. The summed E-state index contributed by atoms with van der Waals surface area (Å²) in [4.78, 5) is 11.0. The minimum Gasteiger partial charge on any atom is -0.493 e. The summed E-state index contributed by atoms with van der Waals surface area (Å²) in [5.74, 6) is 0.666. The van der Waals surface area contributed by atoms with E-state index in [1.807, 2.05) is 19.1 Å². The molecule has 1 aromatic rings. The maximum atomic E-state index is 11.0. The molecular weight excluding hydrogens is 267 g/mol. The summed E-state index contributed by atoms with van der Waals surface area (Å²) in [5, 5.41) is 0. The molecule has 0 aliphatic rings. The first-order valence-corrected chi connectivity index (χ1v) is 4.75. The summed E-state index contributed by atoms with van der Waals surface area (Å²) in [6.07, 6.45) is 0. The number of para-hydroxylation sites is 1. The largest absolute Gasteiger partial charge is 0.493 e. The second-order valence-electron chi connectivity index (χ2n) is 2.20. The van der Waals surface area contributed by atoms with Crippen LogP contribution < -0.4 is 4.74 Å². The Kier molecular flexibility index (Phi) is 3.52. The number of rotatable bonds is 3. The highest BCUT2D eigenvalue weighted by molar-refractivity contribution is 14.1. The lowest BCUT2D eigenvalue weighted by atomic mass is 10.2. The van der Waals surface area contributed by atoms with Crippen molar-refractivity contribution >= 4 is 26.4 Å². The molecule has 3 heteroatoms. The molecule has 1 rings (SSSR count). The van der Waals surface area contributed by atoms with Gasteiger partial charge in [0.25, 0.3) is 0 Å². The Hall–Kier alpha value is -0.580. The molecule has 1 aromatic carbocycles. The average Bonchev–Trinajstić information content (AvgIpc) is 2.05. The van der Waals surface area contributed by atoms with Gasteiger partial charge in [-0.1, -0.05) is 12.1 Å². The fraction of sp³-hybridized carbons (Fsp3) is 0.222. The van der Waals surface area contributed by atoms with Crippen molar-refractivity contribution in [2.24, 2.45) is 0 Å². The minimum absolute atomic E-state index is 0.0108. The van der Waals surface area contributed by atoms with E-state index in [4.69, 9.17) is 4.74 Å². The smallest absolute Gasteiger partial charge is 0.226 e. The minimum atomic E-state index is 0.0108. The number of ether oxygens (including phenoxy) is 1. The molecule has 0 amide bonds. The Bertz CT molecular complexity index is 284. The summed E-state index contributed by atoms with van der Waals surface area (Å²) < 4.78 is 5.28. The second-order valence-corrected chi connectivity index (χ2v) is 3.18. The first-order valence-electron chi connectivity index (χ1n) is 3.67. The number of hydrogen-bond donors (Lipinski definition) is 0. The van der Waals surface area contributed by atoms with E-state index in [0.29, 0.717) is 17.9 Å². The van der Waals surface area contributed by atoms with Gasteiger partial charge in [-0.2, -0.15) is 0 Å². The predicted molar refractivity (Wildman–Crippen MR) is 56.0 cm³/mol. The lowest BCUT2D eigenvalue weighted by molar-refractivity contribution is 0.110. The number of hydrogen-bond acceptors (Lipinski definition) is 2. The van der Waals surface area contributed by atoms with Crippen molar-refractivity contribution in [2.45, 2.75) is 6.92 Å². The SMILES string of the molecule is CCOc1ccccc1C(=O)I. The van der Waals surface area contributed by atoms with Crippen LogP contribution in [0.5, 0.6) is 5.75 Å². The van der Waals surface area contributed by atoms with Gasteiger partial charge in [0.15, 0.2) is 0 Å². The second kappa shape index (κ2) is 4.45. The van der Waals surface area contributed by atoms with Crippen LogP contribution in [0.4, 0.5) is 0 Å². The van der Waals surface area contributed by atoms with E-state index in [0.717, 1.165) is 0 Å². The van der Waals surface area contributed by atoms with E-state index in [1.54, 1.807) is 34.7 Å². The van der Waals surface area contributed by atoms with Gasteiger partial charge in [-0.25, -0.2) is 0 Å². The fourth-order valence-electron chi connectivity index (χ4n) is 0.910. The zero-order valence-corrected chi connectivity index (χ0v) is 8.87. The van der Waals surface area contributed by atoms with E-state index in [-0.39, 0.29) is 3.79 Å². The van der Waals surface area contributed by atoms with Crippen LogP contribution >= 0.6 is 22.6 Å². The Morgan fingerprint density at radius 2 is 2.17 bits per heavy atom. The van der Waals surface area contributed by atoms with Gasteiger partial charge in [-0.05, 0) is 19.1 Å². The maximum absolute atomic E-state index is 11.0. The molecule has 0 heterocycles. The summed E-state index contributed by atoms with van der Waals surface area (Å²) in [6, 6.07) is 7.25. The third-order valence-corrected chi connectivity index (χ3v) is 1.98. The molecular formula is C9H9IO2. The molecule has 0 aliphatic carbocycles. The highest BCUT2D eigenvalue weighted by Gasteiger charge is 2.06. The Morgan fingerprint density at radius 3 is 2.75 bits per heavy atom. The molecule has 64 valence electrons. The molecule has 0 radical (unpaired) electrons. The third kappa shape index (κ3) is 2.20. The van der Waals surface area contributed by atoms with Crippen LogP contribution in [0.3, 0.4) is 0 Å². The van der Waals surface area contributed by atoms with Crippen molar-refractivity contribution in [3.63, 3.8) is 0 Å². The lowest BCUT2D eigenvalue weighted by Crippen LogP contribution is -1.97. The number of carbonyl (C=O) groups is 1. The molecule has 0 fully saturated rings. The van der Waals surface area contributed by atoms with E-state index in [1.165, 1.54) is 0 Å². The van der Waals surface area contributed by atoms with Crippen molar-refractivity contribution in [2.75, 3.05) is 6.61 Å². The molecule has 0 saturated heterocycles. The van der Waals surface area contributed by atoms with Gasteiger partial charge in [0, 0.05) is 22.6 Å². The zero-order valence-electron chi connectivity index (χ0n) is 6.71. The summed E-state index contributed by atoms with van der Waals surface area (Å²) in [5.41, 5.74) is 0.639. The highest BCUT2D eigenvalue weighted by Crippen LogP contribution is 2.20. The molecule has 0 spiro atoms. The lowest BCUT2D eigenvalue weighted by Gasteiger charge is -2.05. The molecule has 0 aliphatic heterocycles. The number of halogens is 1.